The van der Waals surface area contributed by atoms with E-state index in [2.05, 4.69) is 41.2 Å². The summed E-state index contributed by atoms with van der Waals surface area (Å²) in [5.74, 6) is -0.200. The zero-order valence-electron chi connectivity index (χ0n) is 16.3. The van der Waals surface area contributed by atoms with Gasteiger partial charge < -0.3 is 10.1 Å². The summed E-state index contributed by atoms with van der Waals surface area (Å²) in [5, 5.41) is 7.56. The van der Waals surface area contributed by atoms with Gasteiger partial charge in [-0.3, -0.25) is 0 Å². The number of nitrogens with one attached hydrogen (secondary N) is 1. The van der Waals surface area contributed by atoms with Crippen LogP contribution in [-0.4, -0.2) is 32.7 Å². The van der Waals surface area contributed by atoms with Gasteiger partial charge in [-0.05, 0) is 37.0 Å². The van der Waals surface area contributed by atoms with E-state index in [9.17, 15) is 8.78 Å². The van der Waals surface area contributed by atoms with E-state index in [4.69, 9.17) is 4.74 Å². The molecule has 0 radical (unpaired) electrons. The lowest BCUT2D eigenvalue weighted by atomic mass is 9.88. The minimum absolute atomic E-state index is 0.0193. The first kappa shape index (κ1) is 19.0. The molecule has 6 nitrogen and oxygen atoms in total. The monoisotopic (exact) mass is 375 g/mol. The molecule has 0 aliphatic carbocycles. The molecule has 1 atom stereocenters. The van der Waals surface area contributed by atoms with E-state index in [1.54, 1.807) is 0 Å². The van der Waals surface area contributed by atoms with Gasteiger partial charge in [-0.25, -0.2) is 8.78 Å². The summed E-state index contributed by atoms with van der Waals surface area (Å²) in [7, 11) is 1.43. The van der Waals surface area contributed by atoms with Crippen molar-refractivity contribution in [1.82, 2.24) is 19.6 Å². The summed E-state index contributed by atoms with van der Waals surface area (Å²) in [4.78, 5) is 8.39. The van der Waals surface area contributed by atoms with Crippen LogP contribution >= 0.6 is 0 Å². The van der Waals surface area contributed by atoms with E-state index in [-0.39, 0.29) is 28.5 Å². The summed E-state index contributed by atoms with van der Waals surface area (Å²) >= 11 is 0. The quantitative estimate of drug-likeness (QED) is 0.739. The second kappa shape index (κ2) is 6.75. The number of methoxy groups -OCH3 is 1. The number of benzene rings is 1. The first-order chi connectivity index (χ1) is 12.6. The van der Waals surface area contributed by atoms with E-state index in [1.807, 2.05) is 6.92 Å². The summed E-state index contributed by atoms with van der Waals surface area (Å²) in [6, 6.07) is 2.29. The first-order valence-electron chi connectivity index (χ1n) is 8.63. The second-order valence-corrected chi connectivity index (χ2v) is 7.63. The molecule has 0 amide bonds. The third-order valence-electron chi connectivity index (χ3n) is 4.76. The minimum Gasteiger partial charge on any atom is -0.480 e. The van der Waals surface area contributed by atoms with E-state index in [0.717, 1.165) is 12.1 Å². The van der Waals surface area contributed by atoms with Crippen molar-refractivity contribution in [1.29, 1.82) is 0 Å². The fourth-order valence-electron chi connectivity index (χ4n) is 2.61. The average molecular weight is 375 g/mol. The molecule has 3 rings (SSSR count). The smallest absolute Gasteiger partial charge is 0.257 e. The highest BCUT2D eigenvalue weighted by Gasteiger charge is 2.27. The molecule has 0 bridgehead atoms. The molecule has 1 aromatic carbocycles. The minimum atomic E-state index is -0.570. The van der Waals surface area contributed by atoms with E-state index in [0.29, 0.717) is 17.2 Å². The van der Waals surface area contributed by atoms with Crippen molar-refractivity contribution in [2.45, 2.75) is 40.7 Å². The molecule has 1 N–H and O–H groups in total. The van der Waals surface area contributed by atoms with Crippen LogP contribution in [0.1, 0.15) is 33.3 Å². The van der Waals surface area contributed by atoms with Crippen LogP contribution in [0.2, 0.25) is 0 Å². The van der Waals surface area contributed by atoms with Gasteiger partial charge in [0, 0.05) is 11.6 Å². The number of hydrogen-bond donors (Lipinski definition) is 1. The number of nitrogens with zero attached hydrogens (tertiary/aromatic N) is 4. The third-order valence-corrected chi connectivity index (χ3v) is 4.76. The molecule has 8 heteroatoms. The van der Waals surface area contributed by atoms with Crippen LogP contribution in [0, 0.1) is 24.0 Å². The molecule has 0 aliphatic heterocycles. The van der Waals surface area contributed by atoms with Gasteiger partial charge in [-0.1, -0.05) is 20.8 Å². The Morgan fingerprint density at radius 2 is 1.89 bits per heavy atom. The van der Waals surface area contributed by atoms with Crippen LogP contribution in [0.3, 0.4) is 0 Å². The van der Waals surface area contributed by atoms with Crippen LogP contribution < -0.4 is 10.1 Å². The number of halogens is 2. The molecule has 2 aromatic heterocycles. The van der Waals surface area contributed by atoms with E-state index in [1.165, 1.54) is 24.9 Å². The third kappa shape index (κ3) is 3.43. The molecule has 27 heavy (non-hydrogen) atoms. The Morgan fingerprint density at radius 1 is 1.19 bits per heavy atom. The number of aryl methyl sites for hydroxylation is 1. The van der Waals surface area contributed by atoms with Gasteiger partial charge in [-0.15, -0.1) is 0 Å². The van der Waals surface area contributed by atoms with Gasteiger partial charge in [0.15, 0.2) is 0 Å². The van der Waals surface area contributed by atoms with Gasteiger partial charge in [0.25, 0.3) is 5.78 Å². The number of rotatable bonds is 4. The van der Waals surface area contributed by atoms with Gasteiger partial charge in [0.2, 0.25) is 5.88 Å². The maximum atomic E-state index is 14.8. The van der Waals surface area contributed by atoms with Crippen LogP contribution in [0.4, 0.5) is 14.6 Å². The average Bonchev–Trinajstić information content (AvgIpc) is 3.05. The number of fused-ring (bicyclic) bond motifs is 1. The Kier molecular flexibility index (Phi) is 4.75. The van der Waals surface area contributed by atoms with Crippen molar-refractivity contribution in [3.63, 3.8) is 0 Å². The molecule has 144 valence electrons. The van der Waals surface area contributed by atoms with Gasteiger partial charge in [0.05, 0.1) is 12.7 Å². The first-order valence-corrected chi connectivity index (χ1v) is 8.63. The summed E-state index contributed by atoms with van der Waals surface area (Å²) in [6.07, 6.45) is 1.35. The Hall–Kier alpha value is -2.77. The molecular weight excluding hydrogens is 352 g/mol. The molecule has 0 spiro atoms. The van der Waals surface area contributed by atoms with Gasteiger partial charge in [-0.2, -0.15) is 19.6 Å². The van der Waals surface area contributed by atoms with Crippen LogP contribution in [0.25, 0.3) is 16.9 Å². The maximum absolute atomic E-state index is 14.8. The SMILES string of the molecule is COc1nc2ncnn2c(NC(C)C(C)(C)C)c1-c1cc(F)c(C)cc1F. The fraction of sp³-hybridized carbons (Fsp3) is 0.421. The molecule has 0 fully saturated rings. The molecule has 1 unspecified atom stereocenters. The van der Waals surface area contributed by atoms with Gasteiger partial charge >= 0.3 is 0 Å². The van der Waals surface area contributed by atoms with E-state index >= 15 is 0 Å². The summed E-state index contributed by atoms with van der Waals surface area (Å²) in [5.41, 5.74) is 0.464. The largest absolute Gasteiger partial charge is 0.480 e. The predicted molar refractivity (Wildman–Crippen MR) is 100.0 cm³/mol. The zero-order chi connectivity index (χ0) is 19.9. The van der Waals surface area contributed by atoms with Crippen LogP contribution in [0.15, 0.2) is 18.5 Å². The molecular formula is C19H23F2N5O. The Balaban J connectivity index is 2.33. The van der Waals surface area contributed by atoms with E-state index < -0.39 is 11.6 Å². The number of anilines is 1. The maximum Gasteiger partial charge on any atom is 0.257 e. The highest BCUT2D eigenvalue weighted by molar-refractivity contribution is 5.82. The number of ether oxygens (including phenoxy) is 1. The second-order valence-electron chi connectivity index (χ2n) is 7.63. The Labute approximate surface area is 156 Å². The molecule has 3 aromatic rings. The molecule has 0 saturated carbocycles. The van der Waals surface area contributed by atoms with Crippen molar-refractivity contribution < 1.29 is 13.5 Å². The van der Waals surface area contributed by atoms with Crippen molar-refractivity contribution >= 4 is 11.6 Å². The van der Waals surface area contributed by atoms with Crippen LogP contribution in [0.5, 0.6) is 5.88 Å². The Bertz CT molecular complexity index is 994. The van der Waals surface area contributed by atoms with Gasteiger partial charge in [0.1, 0.15) is 23.8 Å². The normalized spacial score (nSPS) is 13.0. The standard InChI is InChI=1S/C19H23F2N5O/c1-10-7-14(21)12(8-13(10)20)15-16(24-11(2)19(3,4)5)26-18(22-9-23-26)25-17(15)27-6/h7-9,11,24H,1-6H3. The predicted octanol–water partition coefficient (Wildman–Crippen LogP) is 4.23. The van der Waals surface area contributed by atoms with Crippen LogP contribution in [-0.2, 0) is 0 Å². The highest BCUT2D eigenvalue weighted by Crippen LogP contribution is 2.39. The molecule has 0 aliphatic rings. The lowest BCUT2D eigenvalue weighted by Crippen LogP contribution is -2.32. The highest BCUT2D eigenvalue weighted by atomic mass is 19.1. The molecule has 2 heterocycles. The Morgan fingerprint density at radius 3 is 2.52 bits per heavy atom. The zero-order valence-corrected chi connectivity index (χ0v) is 16.3. The number of hydrogen-bond acceptors (Lipinski definition) is 5. The van der Waals surface area contributed by atoms with Crippen molar-refractivity contribution in [2.24, 2.45) is 5.41 Å². The summed E-state index contributed by atoms with van der Waals surface area (Å²) in [6.45, 7) is 9.75. The fourth-order valence-corrected chi connectivity index (χ4v) is 2.61. The summed E-state index contributed by atoms with van der Waals surface area (Å²) < 4.78 is 35.9. The molecule has 0 saturated heterocycles. The number of aromatic nitrogens is 4. The lowest BCUT2D eigenvalue weighted by Gasteiger charge is -2.30. The van der Waals surface area contributed by atoms with Crippen molar-refractivity contribution in [3.8, 4) is 17.0 Å². The van der Waals surface area contributed by atoms with Crippen molar-refractivity contribution in [3.05, 3.63) is 35.7 Å². The lowest BCUT2D eigenvalue weighted by molar-refractivity contribution is 0.357. The topological polar surface area (TPSA) is 64.3 Å². The van der Waals surface area contributed by atoms with Crippen molar-refractivity contribution in [2.75, 3.05) is 12.4 Å².